The second-order valence-corrected chi connectivity index (χ2v) is 6.20. The van der Waals surface area contributed by atoms with E-state index in [1.165, 1.54) is 0 Å². The van der Waals surface area contributed by atoms with Crippen molar-refractivity contribution in [2.45, 2.75) is 19.8 Å². The highest BCUT2D eigenvalue weighted by Gasteiger charge is 2.34. The maximum atomic E-state index is 12.2. The molecule has 1 atom stereocenters. The Morgan fingerprint density at radius 2 is 2.16 bits per heavy atom. The number of rotatable bonds is 3. The van der Waals surface area contributed by atoms with Crippen molar-refractivity contribution in [3.05, 3.63) is 34.3 Å². The van der Waals surface area contributed by atoms with Gasteiger partial charge >= 0.3 is 0 Å². The molecule has 1 aliphatic heterocycles. The number of nitrogens with zero attached hydrogens (tertiary/aromatic N) is 1. The van der Waals surface area contributed by atoms with Crippen LogP contribution in [0.25, 0.3) is 0 Å². The van der Waals surface area contributed by atoms with Crippen molar-refractivity contribution in [2.75, 3.05) is 19.6 Å². The average molecular weight is 348 g/mol. The van der Waals surface area contributed by atoms with Crippen LogP contribution in [0.3, 0.4) is 0 Å². The van der Waals surface area contributed by atoms with Crippen LogP contribution in [-0.4, -0.2) is 30.4 Å². The van der Waals surface area contributed by atoms with Crippen molar-refractivity contribution >= 4 is 34.2 Å². The van der Waals surface area contributed by atoms with E-state index in [0.717, 1.165) is 29.5 Å². The number of hydrogen-bond donors (Lipinski definition) is 1. The first kappa shape index (κ1) is 16.5. The summed E-state index contributed by atoms with van der Waals surface area (Å²) in [4.78, 5) is 14.2. The minimum atomic E-state index is 0. The minimum Gasteiger partial charge on any atom is -0.342 e. The zero-order chi connectivity index (χ0) is 13.2. The molecule has 1 saturated heterocycles. The smallest absolute Gasteiger partial charge is 0.227 e. The predicted octanol–water partition coefficient (Wildman–Crippen LogP) is 2.61. The van der Waals surface area contributed by atoms with E-state index in [1.807, 2.05) is 29.2 Å². The Labute approximate surface area is 129 Å². The van der Waals surface area contributed by atoms with Gasteiger partial charge in [0, 0.05) is 17.6 Å². The van der Waals surface area contributed by atoms with Crippen LogP contribution in [0.2, 0.25) is 0 Å². The molecular weight excluding hydrogens is 328 g/mol. The first-order valence-electron chi connectivity index (χ1n) is 6.25. The third kappa shape index (κ3) is 3.94. The Morgan fingerprint density at radius 3 is 2.74 bits per heavy atom. The highest BCUT2D eigenvalue weighted by atomic mass is 79.9. The number of nitrogens with two attached hydrogens (primary N) is 1. The molecular formula is C14H20BrClN2O. The third-order valence-electron chi connectivity index (χ3n) is 3.70. The standard InChI is InChI=1S/C14H19BrN2O.ClH/c1-14(9-16)6-7-17(10-14)13(18)8-11-4-2-3-5-12(11)15;/h2-5H,6-10,16H2,1H3;1H. The Hall–Kier alpha value is -0.580. The van der Waals surface area contributed by atoms with Crippen molar-refractivity contribution in [3.63, 3.8) is 0 Å². The molecule has 0 aliphatic carbocycles. The molecule has 0 saturated carbocycles. The molecule has 1 aromatic rings. The average Bonchev–Trinajstić information content (AvgIpc) is 2.76. The van der Waals surface area contributed by atoms with Crippen LogP contribution in [-0.2, 0) is 11.2 Å². The summed E-state index contributed by atoms with van der Waals surface area (Å²) >= 11 is 3.48. The fourth-order valence-electron chi connectivity index (χ4n) is 2.32. The van der Waals surface area contributed by atoms with Crippen LogP contribution in [0, 0.1) is 5.41 Å². The van der Waals surface area contributed by atoms with Crippen LogP contribution in [0.1, 0.15) is 18.9 Å². The topological polar surface area (TPSA) is 46.3 Å². The fourth-order valence-corrected chi connectivity index (χ4v) is 2.74. The molecule has 1 fully saturated rings. The Kier molecular flexibility index (Phi) is 5.83. The molecule has 5 heteroatoms. The third-order valence-corrected chi connectivity index (χ3v) is 4.48. The van der Waals surface area contributed by atoms with E-state index < -0.39 is 0 Å². The molecule has 1 aliphatic rings. The first-order chi connectivity index (χ1) is 8.54. The lowest BCUT2D eigenvalue weighted by Gasteiger charge is -2.22. The van der Waals surface area contributed by atoms with Gasteiger partial charge in [-0.3, -0.25) is 4.79 Å². The van der Waals surface area contributed by atoms with Crippen molar-refractivity contribution in [1.29, 1.82) is 0 Å². The molecule has 2 rings (SSSR count). The Bertz CT molecular complexity index is 455. The van der Waals surface area contributed by atoms with Gasteiger partial charge in [0.2, 0.25) is 5.91 Å². The lowest BCUT2D eigenvalue weighted by Crippen LogP contribution is -2.35. The SMILES string of the molecule is CC1(CN)CCN(C(=O)Cc2ccccc2Br)C1.Cl. The molecule has 106 valence electrons. The molecule has 3 nitrogen and oxygen atoms in total. The van der Waals surface area contributed by atoms with E-state index in [9.17, 15) is 4.79 Å². The molecule has 0 bridgehead atoms. The molecule has 1 unspecified atom stereocenters. The number of carbonyl (C=O) groups is 1. The summed E-state index contributed by atoms with van der Waals surface area (Å²) in [5.74, 6) is 0.194. The molecule has 0 radical (unpaired) electrons. The summed E-state index contributed by atoms with van der Waals surface area (Å²) in [6.45, 7) is 4.41. The lowest BCUT2D eigenvalue weighted by molar-refractivity contribution is -0.129. The van der Waals surface area contributed by atoms with Gasteiger partial charge in [-0.25, -0.2) is 0 Å². The van der Waals surface area contributed by atoms with E-state index in [-0.39, 0.29) is 23.7 Å². The van der Waals surface area contributed by atoms with Gasteiger partial charge in [0.15, 0.2) is 0 Å². The molecule has 1 amide bonds. The van der Waals surface area contributed by atoms with Gasteiger partial charge in [-0.05, 0) is 30.0 Å². The summed E-state index contributed by atoms with van der Waals surface area (Å²) in [5.41, 5.74) is 6.91. The lowest BCUT2D eigenvalue weighted by atomic mass is 9.90. The number of hydrogen-bond acceptors (Lipinski definition) is 2. The first-order valence-corrected chi connectivity index (χ1v) is 7.05. The van der Waals surface area contributed by atoms with Gasteiger partial charge in [-0.2, -0.15) is 0 Å². The Balaban J connectivity index is 0.00000180. The zero-order valence-corrected chi connectivity index (χ0v) is 13.5. The quantitative estimate of drug-likeness (QED) is 0.913. The van der Waals surface area contributed by atoms with E-state index in [1.54, 1.807) is 0 Å². The van der Waals surface area contributed by atoms with Crippen molar-refractivity contribution < 1.29 is 4.79 Å². The van der Waals surface area contributed by atoms with Crippen LogP contribution in [0.4, 0.5) is 0 Å². The monoisotopic (exact) mass is 346 g/mol. The molecule has 0 aromatic heterocycles. The molecule has 1 heterocycles. The van der Waals surface area contributed by atoms with Crippen molar-refractivity contribution in [2.24, 2.45) is 11.1 Å². The van der Waals surface area contributed by atoms with Crippen LogP contribution in [0.5, 0.6) is 0 Å². The fraction of sp³-hybridized carbons (Fsp3) is 0.500. The molecule has 1 aromatic carbocycles. The maximum absolute atomic E-state index is 12.2. The minimum absolute atomic E-state index is 0. The maximum Gasteiger partial charge on any atom is 0.227 e. The highest BCUT2D eigenvalue weighted by Crippen LogP contribution is 2.29. The summed E-state index contributed by atoms with van der Waals surface area (Å²) in [7, 11) is 0. The highest BCUT2D eigenvalue weighted by molar-refractivity contribution is 9.10. The summed E-state index contributed by atoms with van der Waals surface area (Å²) in [5, 5.41) is 0. The predicted molar refractivity (Wildman–Crippen MR) is 83.5 cm³/mol. The number of benzene rings is 1. The Morgan fingerprint density at radius 1 is 1.47 bits per heavy atom. The molecule has 19 heavy (non-hydrogen) atoms. The van der Waals surface area contributed by atoms with Crippen LogP contribution >= 0.6 is 28.3 Å². The van der Waals surface area contributed by atoms with Gasteiger partial charge in [0.25, 0.3) is 0 Å². The van der Waals surface area contributed by atoms with Crippen molar-refractivity contribution in [1.82, 2.24) is 4.90 Å². The number of carbonyl (C=O) groups excluding carboxylic acids is 1. The van der Waals surface area contributed by atoms with Gasteiger partial charge in [0.05, 0.1) is 6.42 Å². The molecule has 2 N–H and O–H groups in total. The largest absolute Gasteiger partial charge is 0.342 e. The second kappa shape index (κ2) is 6.73. The summed E-state index contributed by atoms with van der Waals surface area (Å²) in [6, 6.07) is 7.87. The normalized spacial score (nSPS) is 22.2. The van der Waals surface area contributed by atoms with Gasteiger partial charge in [-0.1, -0.05) is 41.1 Å². The van der Waals surface area contributed by atoms with E-state index in [2.05, 4.69) is 22.9 Å². The van der Waals surface area contributed by atoms with Gasteiger partial charge < -0.3 is 10.6 Å². The zero-order valence-electron chi connectivity index (χ0n) is 11.1. The summed E-state index contributed by atoms with van der Waals surface area (Å²) in [6.07, 6.45) is 1.47. The number of halogens is 2. The van der Waals surface area contributed by atoms with E-state index >= 15 is 0 Å². The second-order valence-electron chi connectivity index (χ2n) is 5.35. The van der Waals surface area contributed by atoms with E-state index in [4.69, 9.17) is 5.73 Å². The van der Waals surface area contributed by atoms with Gasteiger partial charge in [-0.15, -0.1) is 12.4 Å². The number of likely N-dealkylation sites (tertiary alicyclic amines) is 1. The summed E-state index contributed by atoms with van der Waals surface area (Å²) < 4.78 is 0.999. The van der Waals surface area contributed by atoms with Crippen molar-refractivity contribution in [3.8, 4) is 0 Å². The number of amides is 1. The van der Waals surface area contributed by atoms with Crippen LogP contribution < -0.4 is 5.73 Å². The molecule has 0 spiro atoms. The van der Waals surface area contributed by atoms with Crippen LogP contribution in [0.15, 0.2) is 28.7 Å². The van der Waals surface area contributed by atoms with E-state index in [0.29, 0.717) is 13.0 Å². The van der Waals surface area contributed by atoms with Gasteiger partial charge in [0.1, 0.15) is 0 Å².